The molecule has 5 rings (SSSR count). The molecule has 1 saturated heterocycles. The summed E-state index contributed by atoms with van der Waals surface area (Å²) >= 11 is 8.19. The molecule has 3 aromatic carbocycles. The summed E-state index contributed by atoms with van der Waals surface area (Å²) in [6.07, 6.45) is 4.99. The normalized spacial score (nSPS) is 16.7. The molecule has 0 unspecified atom stereocenters. The second kappa shape index (κ2) is 9.68. The van der Waals surface area contributed by atoms with Crippen LogP contribution in [0.25, 0.3) is 0 Å². The van der Waals surface area contributed by atoms with Gasteiger partial charge in [-0.15, -0.1) is 0 Å². The van der Waals surface area contributed by atoms with E-state index in [1.807, 2.05) is 17.8 Å². The van der Waals surface area contributed by atoms with Gasteiger partial charge in [-0.2, -0.15) is 0 Å². The Morgan fingerprint density at radius 3 is 2.32 bits per heavy atom. The zero-order valence-corrected chi connectivity index (χ0v) is 19.4. The van der Waals surface area contributed by atoms with Crippen LogP contribution in [0.1, 0.15) is 37.2 Å². The summed E-state index contributed by atoms with van der Waals surface area (Å²) in [5.74, 6) is 0.737. The van der Waals surface area contributed by atoms with Gasteiger partial charge >= 0.3 is 0 Å². The molecule has 1 fully saturated rings. The summed E-state index contributed by atoms with van der Waals surface area (Å²) in [5, 5.41) is 0.810. The standard InChI is InChI=1S/C27H29ClN2S/c28-23-12-13-27-25(20-23)30(24-10-4-5-11-26(24)31-27)17-7-6-16-29-18-14-22(15-19-29)21-8-2-1-3-9-21/h1-5,8-13,20,22H,6-7,14-19H2. The Morgan fingerprint density at radius 1 is 0.774 bits per heavy atom. The van der Waals surface area contributed by atoms with Crippen molar-refractivity contribution < 1.29 is 0 Å². The largest absolute Gasteiger partial charge is 0.340 e. The van der Waals surface area contributed by atoms with Crippen LogP contribution >= 0.6 is 23.4 Å². The van der Waals surface area contributed by atoms with Gasteiger partial charge in [0.1, 0.15) is 0 Å². The van der Waals surface area contributed by atoms with Gasteiger partial charge in [0, 0.05) is 21.4 Å². The predicted octanol–water partition coefficient (Wildman–Crippen LogP) is 7.60. The first-order chi connectivity index (χ1) is 15.3. The molecule has 2 heterocycles. The highest BCUT2D eigenvalue weighted by atomic mass is 35.5. The number of likely N-dealkylation sites (tertiary alicyclic amines) is 1. The van der Waals surface area contributed by atoms with Gasteiger partial charge in [0.05, 0.1) is 11.4 Å². The van der Waals surface area contributed by atoms with E-state index in [2.05, 4.69) is 76.5 Å². The SMILES string of the molecule is Clc1ccc2c(c1)N(CCCCN1CCC(c3ccccc3)CC1)c1ccccc1S2. The molecule has 0 aromatic heterocycles. The van der Waals surface area contributed by atoms with E-state index in [-0.39, 0.29) is 0 Å². The summed E-state index contributed by atoms with van der Waals surface area (Å²) in [7, 11) is 0. The highest BCUT2D eigenvalue weighted by Gasteiger charge is 2.24. The molecule has 2 aliphatic rings. The van der Waals surface area contributed by atoms with Crippen molar-refractivity contribution >= 4 is 34.7 Å². The maximum atomic E-state index is 6.35. The fraction of sp³-hybridized carbons (Fsp3) is 0.333. The van der Waals surface area contributed by atoms with Crippen LogP contribution in [-0.4, -0.2) is 31.1 Å². The summed E-state index contributed by atoms with van der Waals surface area (Å²) in [6, 6.07) is 26.0. The van der Waals surface area contributed by atoms with E-state index in [4.69, 9.17) is 11.6 Å². The number of rotatable bonds is 6. The smallest absolute Gasteiger partial charge is 0.0567 e. The number of halogens is 1. The first-order valence-electron chi connectivity index (χ1n) is 11.4. The molecule has 2 nitrogen and oxygen atoms in total. The molecule has 0 N–H and O–H groups in total. The van der Waals surface area contributed by atoms with E-state index in [1.165, 1.54) is 72.0 Å². The molecule has 4 heteroatoms. The lowest BCUT2D eigenvalue weighted by Gasteiger charge is -2.34. The zero-order chi connectivity index (χ0) is 21.0. The minimum Gasteiger partial charge on any atom is -0.340 e. The van der Waals surface area contributed by atoms with Gasteiger partial charge in [0.25, 0.3) is 0 Å². The highest BCUT2D eigenvalue weighted by Crippen LogP contribution is 2.48. The molecule has 3 aromatic rings. The number of nitrogens with zero attached hydrogens (tertiary/aromatic N) is 2. The number of hydrogen-bond acceptors (Lipinski definition) is 3. The van der Waals surface area contributed by atoms with Crippen molar-refractivity contribution in [3.05, 3.63) is 83.4 Å². The number of fused-ring (bicyclic) bond motifs is 2. The summed E-state index contributed by atoms with van der Waals surface area (Å²) in [4.78, 5) is 7.75. The Balaban J connectivity index is 1.16. The average Bonchev–Trinajstić information content (AvgIpc) is 2.82. The van der Waals surface area contributed by atoms with Crippen molar-refractivity contribution in [3.8, 4) is 0 Å². The third-order valence-corrected chi connectivity index (χ3v) is 7.92. The number of piperidine rings is 1. The molecule has 0 spiro atoms. The Kier molecular flexibility index (Phi) is 6.54. The molecular formula is C27H29ClN2S. The van der Waals surface area contributed by atoms with Gasteiger partial charge in [-0.3, -0.25) is 0 Å². The van der Waals surface area contributed by atoms with Crippen LogP contribution in [0.15, 0.2) is 82.6 Å². The molecule has 0 radical (unpaired) electrons. The molecule has 31 heavy (non-hydrogen) atoms. The Hall–Kier alpha value is -1.94. The Bertz CT molecular complexity index is 1010. The van der Waals surface area contributed by atoms with E-state index in [1.54, 1.807) is 0 Å². The Labute approximate surface area is 195 Å². The maximum absolute atomic E-state index is 6.35. The van der Waals surface area contributed by atoms with E-state index >= 15 is 0 Å². The number of para-hydroxylation sites is 1. The minimum atomic E-state index is 0.737. The van der Waals surface area contributed by atoms with Crippen molar-refractivity contribution in [2.45, 2.75) is 41.4 Å². The highest BCUT2D eigenvalue weighted by molar-refractivity contribution is 7.99. The van der Waals surface area contributed by atoms with Gasteiger partial charge in [-0.25, -0.2) is 0 Å². The van der Waals surface area contributed by atoms with Crippen LogP contribution in [-0.2, 0) is 0 Å². The van der Waals surface area contributed by atoms with Crippen LogP contribution in [0, 0.1) is 0 Å². The van der Waals surface area contributed by atoms with Crippen LogP contribution in [0.3, 0.4) is 0 Å². The fourth-order valence-electron chi connectivity index (χ4n) is 4.86. The Morgan fingerprint density at radius 2 is 1.48 bits per heavy atom. The van der Waals surface area contributed by atoms with Crippen LogP contribution in [0.5, 0.6) is 0 Å². The van der Waals surface area contributed by atoms with E-state index in [0.717, 1.165) is 17.5 Å². The predicted molar refractivity (Wildman–Crippen MR) is 133 cm³/mol. The third kappa shape index (κ3) is 4.79. The molecule has 0 atom stereocenters. The van der Waals surface area contributed by atoms with Crippen molar-refractivity contribution in [1.82, 2.24) is 4.90 Å². The molecule has 0 bridgehead atoms. The molecule has 0 saturated carbocycles. The maximum Gasteiger partial charge on any atom is 0.0567 e. The van der Waals surface area contributed by atoms with Crippen molar-refractivity contribution in [1.29, 1.82) is 0 Å². The van der Waals surface area contributed by atoms with E-state index in [9.17, 15) is 0 Å². The average molecular weight is 449 g/mol. The summed E-state index contributed by atoms with van der Waals surface area (Å²) < 4.78 is 0. The number of benzene rings is 3. The topological polar surface area (TPSA) is 6.48 Å². The minimum absolute atomic E-state index is 0.737. The first-order valence-corrected chi connectivity index (χ1v) is 12.6. The van der Waals surface area contributed by atoms with Crippen LogP contribution in [0.4, 0.5) is 11.4 Å². The van der Waals surface area contributed by atoms with Crippen molar-refractivity contribution in [2.24, 2.45) is 0 Å². The zero-order valence-electron chi connectivity index (χ0n) is 17.8. The quantitative estimate of drug-likeness (QED) is 0.358. The molecule has 2 aliphatic heterocycles. The van der Waals surface area contributed by atoms with E-state index < -0.39 is 0 Å². The lowest BCUT2D eigenvalue weighted by Crippen LogP contribution is -2.34. The number of anilines is 2. The van der Waals surface area contributed by atoms with Crippen LogP contribution < -0.4 is 4.90 Å². The first kappa shape index (κ1) is 20.9. The second-order valence-electron chi connectivity index (χ2n) is 8.57. The van der Waals surface area contributed by atoms with Crippen LogP contribution in [0.2, 0.25) is 5.02 Å². The monoisotopic (exact) mass is 448 g/mol. The van der Waals surface area contributed by atoms with Gasteiger partial charge < -0.3 is 9.80 Å². The molecule has 160 valence electrons. The molecule has 0 amide bonds. The fourth-order valence-corrected chi connectivity index (χ4v) is 6.11. The summed E-state index contributed by atoms with van der Waals surface area (Å²) in [5.41, 5.74) is 4.08. The molecule has 0 aliphatic carbocycles. The lowest BCUT2D eigenvalue weighted by atomic mass is 9.89. The van der Waals surface area contributed by atoms with Gasteiger partial charge in [0.2, 0.25) is 0 Å². The van der Waals surface area contributed by atoms with Crippen molar-refractivity contribution in [3.63, 3.8) is 0 Å². The van der Waals surface area contributed by atoms with Gasteiger partial charge in [0.15, 0.2) is 0 Å². The van der Waals surface area contributed by atoms with Gasteiger partial charge in [-0.05, 0) is 87.1 Å². The molecular weight excluding hydrogens is 420 g/mol. The number of hydrogen-bond donors (Lipinski definition) is 0. The van der Waals surface area contributed by atoms with E-state index in [0.29, 0.717) is 0 Å². The van der Waals surface area contributed by atoms with Gasteiger partial charge in [-0.1, -0.05) is 65.8 Å². The number of unbranched alkanes of at least 4 members (excludes halogenated alkanes) is 1. The summed E-state index contributed by atoms with van der Waals surface area (Å²) in [6.45, 7) is 4.68. The third-order valence-electron chi connectivity index (χ3n) is 6.55. The second-order valence-corrected chi connectivity index (χ2v) is 10.1. The lowest BCUT2D eigenvalue weighted by molar-refractivity contribution is 0.209. The van der Waals surface area contributed by atoms with Crippen molar-refractivity contribution in [2.75, 3.05) is 31.1 Å².